The molecule has 2 N–H and O–H groups in total. The summed E-state index contributed by atoms with van der Waals surface area (Å²) >= 11 is 0. The van der Waals surface area contributed by atoms with Gasteiger partial charge in [-0.15, -0.1) is 0 Å². The van der Waals surface area contributed by atoms with Crippen LogP contribution in [0.4, 0.5) is 4.39 Å². The van der Waals surface area contributed by atoms with Gasteiger partial charge in [-0.2, -0.15) is 0 Å². The zero-order valence-electron chi connectivity index (χ0n) is 14.0. The molecular weight excluding hydrogens is 323 g/mol. The van der Waals surface area contributed by atoms with Crippen LogP contribution in [0, 0.1) is 12.7 Å². The van der Waals surface area contributed by atoms with E-state index in [9.17, 15) is 19.1 Å². The second-order valence-corrected chi connectivity index (χ2v) is 6.46. The van der Waals surface area contributed by atoms with Crippen molar-refractivity contribution in [3.05, 3.63) is 69.4 Å². The number of carbonyl (C=O) groups excluding carboxylic acids is 1. The van der Waals surface area contributed by atoms with Gasteiger partial charge in [0.15, 0.2) is 0 Å². The molecule has 1 aliphatic rings. The number of benzene rings is 1. The molecule has 0 saturated carbocycles. The number of aryl methyl sites for hydroxylation is 1. The quantitative estimate of drug-likeness (QED) is 0.895. The number of pyridine rings is 1. The number of aliphatic hydroxyl groups excluding tert-OH is 1. The monoisotopic (exact) mass is 344 g/mol. The van der Waals surface area contributed by atoms with Crippen LogP contribution in [0.15, 0.2) is 41.3 Å². The lowest BCUT2D eigenvalue weighted by atomic mass is 10.00. The van der Waals surface area contributed by atoms with E-state index in [1.54, 1.807) is 30.0 Å². The molecule has 0 radical (unpaired) electrons. The number of amides is 1. The Labute approximate surface area is 145 Å². The highest BCUT2D eigenvalue weighted by molar-refractivity contribution is 5.95. The molecule has 0 aliphatic carbocycles. The first-order chi connectivity index (χ1) is 12.0. The molecule has 0 unspecified atom stereocenters. The highest BCUT2D eigenvalue weighted by atomic mass is 19.1. The van der Waals surface area contributed by atoms with Gasteiger partial charge < -0.3 is 15.0 Å². The van der Waals surface area contributed by atoms with Crippen LogP contribution in [0.2, 0.25) is 0 Å². The van der Waals surface area contributed by atoms with Crippen LogP contribution in [0.3, 0.4) is 0 Å². The second kappa shape index (κ2) is 7.19. The predicted octanol–water partition coefficient (Wildman–Crippen LogP) is 2.55. The average Bonchev–Trinajstić information content (AvgIpc) is 3.03. The molecule has 1 saturated heterocycles. The van der Waals surface area contributed by atoms with E-state index in [2.05, 4.69) is 4.98 Å². The van der Waals surface area contributed by atoms with Gasteiger partial charge in [-0.05, 0) is 55.5 Å². The molecule has 2 heterocycles. The number of aromatic amines is 1. The number of hydrogen-bond acceptors (Lipinski definition) is 3. The first-order valence-electron chi connectivity index (χ1n) is 8.40. The van der Waals surface area contributed by atoms with Crippen molar-refractivity contribution in [1.29, 1.82) is 0 Å². The second-order valence-electron chi connectivity index (χ2n) is 6.46. The number of likely N-dealkylation sites (tertiary alicyclic amines) is 1. The third-order valence-electron chi connectivity index (χ3n) is 4.77. The molecule has 6 heteroatoms. The number of aromatic nitrogens is 1. The third-order valence-corrected chi connectivity index (χ3v) is 4.77. The molecule has 0 bridgehead atoms. The lowest BCUT2D eigenvalue weighted by Gasteiger charge is -2.27. The molecule has 2 atom stereocenters. The Morgan fingerprint density at radius 2 is 2.08 bits per heavy atom. The first kappa shape index (κ1) is 17.4. The minimum Gasteiger partial charge on any atom is -0.388 e. The fourth-order valence-corrected chi connectivity index (χ4v) is 3.41. The Kier molecular flexibility index (Phi) is 4.99. The summed E-state index contributed by atoms with van der Waals surface area (Å²) in [6, 6.07) is 7.27. The molecule has 3 rings (SSSR count). The van der Waals surface area contributed by atoms with Crippen LogP contribution in [0.5, 0.6) is 0 Å². The number of nitrogens with one attached hydrogen (secondary N) is 1. The van der Waals surface area contributed by atoms with Gasteiger partial charge in [-0.3, -0.25) is 9.59 Å². The zero-order valence-corrected chi connectivity index (χ0v) is 14.0. The minimum absolute atomic E-state index is 0.147. The van der Waals surface area contributed by atoms with Crippen molar-refractivity contribution in [2.75, 3.05) is 6.54 Å². The van der Waals surface area contributed by atoms with E-state index >= 15 is 0 Å². The Morgan fingerprint density at radius 3 is 2.76 bits per heavy atom. The number of rotatable bonds is 4. The van der Waals surface area contributed by atoms with Crippen LogP contribution < -0.4 is 5.56 Å². The average molecular weight is 344 g/mol. The summed E-state index contributed by atoms with van der Waals surface area (Å²) in [6.45, 7) is 2.30. The maximum atomic E-state index is 13.0. The van der Waals surface area contributed by atoms with Gasteiger partial charge in [0, 0.05) is 18.8 Å². The van der Waals surface area contributed by atoms with Crippen molar-refractivity contribution in [2.45, 2.75) is 38.3 Å². The van der Waals surface area contributed by atoms with Crippen molar-refractivity contribution in [3.63, 3.8) is 0 Å². The van der Waals surface area contributed by atoms with Gasteiger partial charge in [0.05, 0.1) is 6.10 Å². The smallest absolute Gasteiger partial charge is 0.261 e. The van der Waals surface area contributed by atoms with Crippen molar-refractivity contribution in [2.24, 2.45) is 0 Å². The number of H-pyrrole nitrogens is 1. The van der Waals surface area contributed by atoms with E-state index in [1.807, 2.05) is 0 Å². The fraction of sp³-hybridized carbons (Fsp3) is 0.368. The molecular formula is C19H21FN2O3. The number of hydrogen-bond donors (Lipinski definition) is 2. The Hall–Kier alpha value is -2.47. The van der Waals surface area contributed by atoms with Crippen molar-refractivity contribution < 1.29 is 14.3 Å². The number of carbonyl (C=O) groups is 1. The molecule has 1 fully saturated rings. The molecule has 2 aromatic rings. The molecule has 132 valence electrons. The standard InChI is InChI=1S/C19H21FN2O3/c1-12-8-9-21-18(24)17(12)19(25)22-10-2-3-15(22)11-16(23)13-4-6-14(20)7-5-13/h4-9,15-16,23H,2-3,10-11H2,1H3,(H,21,24)/t15-,16-/m0/s1. The van der Waals surface area contributed by atoms with Gasteiger partial charge in [-0.25, -0.2) is 4.39 Å². The van der Waals surface area contributed by atoms with Gasteiger partial charge in [0.25, 0.3) is 11.5 Å². The van der Waals surface area contributed by atoms with E-state index in [1.165, 1.54) is 18.3 Å². The molecule has 1 amide bonds. The van der Waals surface area contributed by atoms with Crippen molar-refractivity contribution in [3.8, 4) is 0 Å². The summed E-state index contributed by atoms with van der Waals surface area (Å²) < 4.78 is 13.0. The lowest BCUT2D eigenvalue weighted by molar-refractivity contribution is 0.0664. The molecule has 5 nitrogen and oxygen atoms in total. The largest absolute Gasteiger partial charge is 0.388 e. The van der Waals surface area contributed by atoms with Crippen LogP contribution in [-0.4, -0.2) is 33.5 Å². The summed E-state index contributed by atoms with van der Waals surface area (Å²) in [4.78, 5) is 29.1. The Morgan fingerprint density at radius 1 is 1.36 bits per heavy atom. The molecule has 1 aromatic heterocycles. The lowest BCUT2D eigenvalue weighted by Crippen LogP contribution is -2.39. The normalized spacial score (nSPS) is 18.4. The Balaban J connectivity index is 1.77. The van der Waals surface area contributed by atoms with E-state index in [0.717, 1.165) is 12.8 Å². The highest BCUT2D eigenvalue weighted by Crippen LogP contribution is 2.28. The molecule has 0 spiro atoms. The van der Waals surface area contributed by atoms with Crippen LogP contribution in [-0.2, 0) is 0 Å². The maximum absolute atomic E-state index is 13.0. The molecule has 1 aromatic carbocycles. The van der Waals surface area contributed by atoms with E-state index < -0.39 is 11.7 Å². The Bertz CT molecular complexity index is 816. The first-order valence-corrected chi connectivity index (χ1v) is 8.40. The summed E-state index contributed by atoms with van der Waals surface area (Å²) in [5, 5.41) is 10.4. The van der Waals surface area contributed by atoms with Crippen LogP contribution >= 0.6 is 0 Å². The summed E-state index contributed by atoms with van der Waals surface area (Å²) in [5.74, 6) is -0.652. The van der Waals surface area contributed by atoms with Crippen molar-refractivity contribution in [1.82, 2.24) is 9.88 Å². The number of nitrogens with zero attached hydrogens (tertiary/aromatic N) is 1. The van der Waals surface area contributed by atoms with Gasteiger partial charge in [0.2, 0.25) is 0 Å². The summed E-state index contributed by atoms with van der Waals surface area (Å²) in [6.07, 6.45) is 2.70. The molecule has 1 aliphatic heterocycles. The van der Waals surface area contributed by atoms with Gasteiger partial charge in [0.1, 0.15) is 11.4 Å². The van der Waals surface area contributed by atoms with Gasteiger partial charge in [-0.1, -0.05) is 12.1 Å². The fourth-order valence-electron chi connectivity index (χ4n) is 3.41. The van der Waals surface area contributed by atoms with E-state index in [-0.39, 0.29) is 23.3 Å². The third kappa shape index (κ3) is 3.64. The van der Waals surface area contributed by atoms with Gasteiger partial charge >= 0.3 is 0 Å². The van der Waals surface area contributed by atoms with Crippen LogP contribution in [0.1, 0.15) is 46.9 Å². The number of halogens is 1. The van der Waals surface area contributed by atoms with Crippen LogP contribution in [0.25, 0.3) is 0 Å². The molecule has 25 heavy (non-hydrogen) atoms. The predicted molar refractivity (Wildman–Crippen MR) is 91.8 cm³/mol. The van der Waals surface area contributed by atoms with Crippen molar-refractivity contribution >= 4 is 5.91 Å². The summed E-state index contributed by atoms with van der Waals surface area (Å²) in [7, 11) is 0. The maximum Gasteiger partial charge on any atom is 0.261 e. The zero-order chi connectivity index (χ0) is 18.0. The highest BCUT2D eigenvalue weighted by Gasteiger charge is 2.32. The topological polar surface area (TPSA) is 73.4 Å². The SMILES string of the molecule is Cc1cc[nH]c(=O)c1C(=O)N1CCC[C@H]1C[C@H](O)c1ccc(F)cc1. The van der Waals surface area contributed by atoms with E-state index in [4.69, 9.17) is 0 Å². The minimum atomic E-state index is -0.783. The number of aliphatic hydroxyl groups is 1. The summed E-state index contributed by atoms with van der Waals surface area (Å²) in [5.41, 5.74) is 1.02. The van der Waals surface area contributed by atoms with E-state index in [0.29, 0.717) is 24.1 Å².